The molecule has 0 fully saturated rings. The van der Waals surface area contributed by atoms with Gasteiger partial charge in [0.25, 0.3) is 0 Å². The zero-order valence-electron chi connectivity index (χ0n) is 10.3. The number of rotatable bonds is 3. The Morgan fingerprint density at radius 2 is 1.25 bits per heavy atom. The van der Waals surface area contributed by atoms with Crippen LogP contribution < -0.4 is 0 Å². The molecule has 0 heterocycles. The molecular formula is C11H29N. The molecule has 0 saturated heterocycles. The third-order valence-electron chi connectivity index (χ3n) is 1.15. The molecule has 0 rings (SSSR count). The molecule has 1 heteroatoms. The molecule has 0 radical (unpaired) electrons. The fourth-order valence-corrected chi connectivity index (χ4v) is 0.540. The van der Waals surface area contributed by atoms with Gasteiger partial charge in [-0.3, -0.25) is 0 Å². The summed E-state index contributed by atoms with van der Waals surface area (Å²) in [6.45, 7) is 15.0. The van der Waals surface area contributed by atoms with Crippen molar-refractivity contribution in [2.75, 3.05) is 20.1 Å². The minimum atomic E-state index is 1.17. The topological polar surface area (TPSA) is 3.24 Å². The maximum absolute atomic E-state index is 2.31. The van der Waals surface area contributed by atoms with Crippen molar-refractivity contribution in [3.05, 3.63) is 0 Å². The summed E-state index contributed by atoms with van der Waals surface area (Å²) in [5.41, 5.74) is 0. The number of hydrogen-bond donors (Lipinski definition) is 0. The van der Waals surface area contributed by atoms with Crippen LogP contribution in [0.15, 0.2) is 0 Å². The first-order valence-corrected chi connectivity index (χ1v) is 5.41. The molecule has 1 nitrogen and oxygen atoms in total. The van der Waals surface area contributed by atoms with Crippen LogP contribution in [0, 0.1) is 0 Å². The summed E-state index contributed by atoms with van der Waals surface area (Å²) in [5.74, 6) is 0. The monoisotopic (exact) mass is 175 g/mol. The van der Waals surface area contributed by atoms with Crippen molar-refractivity contribution in [1.29, 1.82) is 0 Å². The lowest BCUT2D eigenvalue weighted by atomic mass is 10.4. The molecule has 12 heavy (non-hydrogen) atoms. The first-order valence-electron chi connectivity index (χ1n) is 5.41. The van der Waals surface area contributed by atoms with E-state index in [2.05, 4.69) is 39.6 Å². The van der Waals surface area contributed by atoms with Crippen LogP contribution in [0.3, 0.4) is 0 Å². The van der Waals surface area contributed by atoms with Gasteiger partial charge in [-0.15, -0.1) is 0 Å². The summed E-state index contributed by atoms with van der Waals surface area (Å²) in [7, 11) is 2.14. The Balaban J connectivity index is -0.000000137. The molecule has 78 valence electrons. The largest absolute Gasteiger partial charge is 0.307 e. The maximum atomic E-state index is 2.31. The van der Waals surface area contributed by atoms with E-state index in [1.54, 1.807) is 0 Å². The Kier molecular flexibility index (Phi) is 33.5. The summed E-state index contributed by atoms with van der Waals surface area (Å²) in [6.07, 6.45) is 2.52. The van der Waals surface area contributed by atoms with E-state index >= 15 is 0 Å². The van der Waals surface area contributed by atoms with E-state index in [1.807, 2.05) is 13.8 Å². The Hall–Kier alpha value is -0.0400. The molecule has 0 unspecified atom stereocenters. The van der Waals surface area contributed by atoms with Crippen molar-refractivity contribution in [3.63, 3.8) is 0 Å². The van der Waals surface area contributed by atoms with Crippen LogP contribution in [0.1, 0.15) is 54.4 Å². The van der Waals surface area contributed by atoms with Gasteiger partial charge >= 0.3 is 0 Å². The Bertz CT molecular complexity index is 44.3. The smallest absolute Gasteiger partial charge is 0.00245 e. The van der Waals surface area contributed by atoms with Crippen LogP contribution >= 0.6 is 0 Å². The van der Waals surface area contributed by atoms with Crippen LogP contribution in [0.25, 0.3) is 0 Å². The van der Waals surface area contributed by atoms with Gasteiger partial charge in [-0.1, -0.05) is 48.0 Å². The quantitative estimate of drug-likeness (QED) is 0.631. The molecule has 0 spiro atoms. The molecule has 0 aliphatic carbocycles. The van der Waals surface area contributed by atoms with E-state index in [0.29, 0.717) is 0 Å². The predicted molar refractivity (Wildman–Crippen MR) is 60.8 cm³/mol. The fraction of sp³-hybridized carbons (Fsp3) is 1.00. The fourth-order valence-electron chi connectivity index (χ4n) is 0.540. The van der Waals surface area contributed by atoms with Crippen molar-refractivity contribution < 1.29 is 0 Å². The van der Waals surface area contributed by atoms with Gasteiger partial charge in [0.1, 0.15) is 0 Å². The van der Waals surface area contributed by atoms with Crippen LogP contribution in [-0.4, -0.2) is 25.0 Å². The normalized spacial score (nSPS) is 8.00. The van der Waals surface area contributed by atoms with Gasteiger partial charge in [0, 0.05) is 0 Å². The van der Waals surface area contributed by atoms with Gasteiger partial charge in [0.15, 0.2) is 0 Å². The first kappa shape index (κ1) is 17.9. The highest BCUT2D eigenvalue weighted by Gasteiger charge is 1.86. The zero-order valence-corrected chi connectivity index (χ0v) is 10.3. The molecule has 0 aliphatic heterocycles. The van der Waals surface area contributed by atoms with Gasteiger partial charge in [-0.25, -0.2) is 0 Å². The Morgan fingerprint density at radius 1 is 0.917 bits per heavy atom. The molecule has 0 atom stereocenters. The molecule has 0 aliphatic rings. The molecule has 0 bridgehead atoms. The van der Waals surface area contributed by atoms with Crippen LogP contribution in [0.2, 0.25) is 0 Å². The molecule has 0 aromatic rings. The minimum Gasteiger partial charge on any atom is -0.307 e. The summed E-state index contributed by atoms with van der Waals surface area (Å²) in [4.78, 5) is 2.31. The highest BCUT2D eigenvalue weighted by atomic mass is 15.1. The van der Waals surface area contributed by atoms with Gasteiger partial charge in [-0.2, -0.15) is 0 Å². The van der Waals surface area contributed by atoms with E-state index < -0.39 is 0 Å². The number of nitrogens with zero attached hydrogens (tertiary/aromatic N) is 1. The zero-order chi connectivity index (χ0) is 10.4. The SMILES string of the molecule is CC.CCC.CCCN(C)CC. The van der Waals surface area contributed by atoms with Crippen LogP contribution in [0.4, 0.5) is 0 Å². The summed E-state index contributed by atoms with van der Waals surface area (Å²) >= 11 is 0. The summed E-state index contributed by atoms with van der Waals surface area (Å²) in [6, 6.07) is 0. The van der Waals surface area contributed by atoms with E-state index in [-0.39, 0.29) is 0 Å². The van der Waals surface area contributed by atoms with Crippen LogP contribution in [-0.2, 0) is 0 Å². The van der Waals surface area contributed by atoms with E-state index in [0.717, 1.165) is 0 Å². The van der Waals surface area contributed by atoms with Crippen molar-refractivity contribution >= 4 is 0 Å². The van der Waals surface area contributed by atoms with Gasteiger partial charge < -0.3 is 4.90 Å². The average molecular weight is 175 g/mol. The molecule has 0 saturated carbocycles. The summed E-state index contributed by atoms with van der Waals surface area (Å²) < 4.78 is 0. The third-order valence-corrected chi connectivity index (χ3v) is 1.15. The second kappa shape index (κ2) is 22.4. The average Bonchev–Trinajstić information content (AvgIpc) is 2.10. The van der Waals surface area contributed by atoms with Gasteiger partial charge in [0.05, 0.1) is 0 Å². The lowest BCUT2D eigenvalue weighted by molar-refractivity contribution is 0.353. The van der Waals surface area contributed by atoms with Crippen molar-refractivity contribution in [2.45, 2.75) is 54.4 Å². The molecule has 0 aromatic carbocycles. The second-order valence-corrected chi connectivity index (χ2v) is 2.60. The molecule has 0 N–H and O–H groups in total. The van der Waals surface area contributed by atoms with Crippen molar-refractivity contribution in [3.8, 4) is 0 Å². The molecule has 0 aromatic heterocycles. The van der Waals surface area contributed by atoms with Gasteiger partial charge in [-0.05, 0) is 26.6 Å². The first-order chi connectivity index (χ1) is 5.72. The predicted octanol–water partition coefficient (Wildman–Crippen LogP) is 3.79. The highest BCUT2D eigenvalue weighted by Crippen LogP contribution is 1.82. The summed E-state index contributed by atoms with van der Waals surface area (Å²) in [5, 5.41) is 0. The van der Waals surface area contributed by atoms with E-state index in [1.165, 1.54) is 25.9 Å². The van der Waals surface area contributed by atoms with Crippen LogP contribution in [0.5, 0.6) is 0 Å². The van der Waals surface area contributed by atoms with E-state index in [9.17, 15) is 0 Å². The lowest BCUT2D eigenvalue weighted by Crippen LogP contribution is -2.17. The lowest BCUT2D eigenvalue weighted by Gasteiger charge is -2.10. The van der Waals surface area contributed by atoms with E-state index in [4.69, 9.17) is 0 Å². The Morgan fingerprint density at radius 3 is 1.33 bits per heavy atom. The maximum Gasteiger partial charge on any atom is -0.00245 e. The van der Waals surface area contributed by atoms with Crippen molar-refractivity contribution in [2.24, 2.45) is 0 Å². The number of hydrogen-bond acceptors (Lipinski definition) is 1. The Labute approximate surface area is 80.2 Å². The highest BCUT2D eigenvalue weighted by molar-refractivity contribution is 4.41. The minimum absolute atomic E-state index is 1.17. The molecule has 0 amide bonds. The second-order valence-electron chi connectivity index (χ2n) is 2.60. The van der Waals surface area contributed by atoms with Crippen molar-refractivity contribution in [1.82, 2.24) is 4.90 Å². The molecular weight excluding hydrogens is 146 g/mol. The van der Waals surface area contributed by atoms with Gasteiger partial charge in [0.2, 0.25) is 0 Å². The third kappa shape index (κ3) is 32.5. The standard InChI is InChI=1S/C6H15N.C3H8.C2H6/c1-4-6-7(3)5-2;1-3-2;1-2/h4-6H2,1-3H3;3H2,1-2H3;1-2H3.